The minimum absolute atomic E-state index is 0.00356. The molecule has 1 aliphatic rings. The van der Waals surface area contributed by atoms with Crippen molar-refractivity contribution < 1.29 is 13.2 Å². The summed E-state index contributed by atoms with van der Waals surface area (Å²) in [6, 6.07) is -0.00356. The van der Waals surface area contributed by atoms with Gasteiger partial charge in [0, 0.05) is 26.7 Å². The van der Waals surface area contributed by atoms with Crippen molar-refractivity contribution in [1.29, 1.82) is 0 Å². The maximum absolute atomic E-state index is 11.5. The summed E-state index contributed by atoms with van der Waals surface area (Å²) in [6.07, 6.45) is 0.744. The van der Waals surface area contributed by atoms with Gasteiger partial charge in [-0.2, -0.15) is 17.4 Å². The Morgan fingerprint density at radius 3 is 2.57 bits per heavy atom. The molecule has 14 heavy (non-hydrogen) atoms. The van der Waals surface area contributed by atoms with Gasteiger partial charge in [-0.1, -0.05) is 6.92 Å². The van der Waals surface area contributed by atoms with Gasteiger partial charge in [0.05, 0.1) is 6.61 Å². The number of hydrogen-bond donors (Lipinski definition) is 1. The predicted molar refractivity (Wildman–Crippen MR) is 54.1 cm³/mol. The highest BCUT2D eigenvalue weighted by atomic mass is 32.2. The SMILES string of the molecule is CC1COCCC1NS(=O)(=O)N(C)C. The number of ether oxygens (including phenoxy) is 1. The van der Waals surface area contributed by atoms with Crippen LogP contribution in [0.15, 0.2) is 0 Å². The first-order valence-electron chi connectivity index (χ1n) is 4.71. The van der Waals surface area contributed by atoms with E-state index in [4.69, 9.17) is 4.74 Å². The van der Waals surface area contributed by atoms with E-state index >= 15 is 0 Å². The molecule has 84 valence electrons. The fraction of sp³-hybridized carbons (Fsp3) is 1.00. The van der Waals surface area contributed by atoms with Gasteiger partial charge in [0.2, 0.25) is 0 Å². The van der Waals surface area contributed by atoms with Crippen molar-refractivity contribution in [2.24, 2.45) is 5.92 Å². The van der Waals surface area contributed by atoms with E-state index in [-0.39, 0.29) is 12.0 Å². The zero-order valence-corrected chi connectivity index (χ0v) is 9.67. The van der Waals surface area contributed by atoms with Gasteiger partial charge in [0.15, 0.2) is 0 Å². The standard InChI is InChI=1S/C8H18N2O3S/c1-7-6-13-5-4-8(7)9-14(11,12)10(2)3/h7-9H,4-6H2,1-3H3. The van der Waals surface area contributed by atoms with Gasteiger partial charge in [-0.15, -0.1) is 0 Å². The number of hydrogen-bond acceptors (Lipinski definition) is 3. The molecule has 0 amide bonds. The summed E-state index contributed by atoms with van der Waals surface area (Å²) in [6.45, 7) is 3.24. The second-order valence-electron chi connectivity index (χ2n) is 3.85. The molecule has 2 unspecified atom stereocenters. The fourth-order valence-electron chi connectivity index (χ4n) is 1.35. The van der Waals surface area contributed by atoms with E-state index in [9.17, 15) is 8.42 Å². The predicted octanol–water partition coefficient (Wildman–Crippen LogP) is -0.193. The molecule has 2 atom stereocenters. The number of rotatable bonds is 3. The van der Waals surface area contributed by atoms with Crippen molar-refractivity contribution in [2.75, 3.05) is 27.3 Å². The highest BCUT2D eigenvalue weighted by molar-refractivity contribution is 7.87. The molecule has 6 heteroatoms. The summed E-state index contributed by atoms with van der Waals surface area (Å²) in [7, 11) is -0.263. The van der Waals surface area contributed by atoms with Crippen LogP contribution in [0.4, 0.5) is 0 Å². The number of nitrogens with zero attached hydrogens (tertiary/aromatic N) is 1. The molecule has 0 spiro atoms. The van der Waals surface area contributed by atoms with E-state index in [1.54, 1.807) is 0 Å². The molecule has 1 N–H and O–H groups in total. The first kappa shape index (κ1) is 11.9. The van der Waals surface area contributed by atoms with Crippen LogP contribution in [0.2, 0.25) is 0 Å². The van der Waals surface area contributed by atoms with E-state index in [0.717, 1.165) is 6.42 Å². The molecule has 0 bridgehead atoms. The molecule has 5 nitrogen and oxygen atoms in total. The summed E-state index contributed by atoms with van der Waals surface area (Å²) in [5, 5.41) is 0. The second-order valence-corrected chi connectivity index (χ2v) is 5.77. The topological polar surface area (TPSA) is 58.6 Å². The van der Waals surface area contributed by atoms with Crippen molar-refractivity contribution in [3.05, 3.63) is 0 Å². The van der Waals surface area contributed by atoms with Crippen LogP contribution >= 0.6 is 0 Å². The van der Waals surface area contributed by atoms with Crippen molar-refractivity contribution >= 4 is 10.2 Å². The Morgan fingerprint density at radius 2 is 2.07 bits per heavy atom. The monoisotopic (exact) mass is 222 g/mol. The molecule has 0 aliphatic carbocycles. The molecule has 0 aromatic carbocycles. The Kier molecular flexibility index (Phi) is 3.88. The van der Waals surface area contributed by atoms with Crippen LogP contribution in [0.3, 0.4) is 0 Å². The Bertz CT molecular complexity index is 276. The molecular weight excluding hydrogens is 204 g/mol. The number of nitrogens with one attached hydrogen (secondary N) is 1. The zero-order chi connectivity index (χ0) is 10.8. The summed E-state index contributed by atoms with van der Waals surface area (Å²) >= 11 is 0. The fourth-order valence-corrected chi connectivity index (χ4v) is 2.30. The molecule has 0 aromatic rings. The summed E-state index contributed by atoms with van der Waals surface area (Å²) in [5.41, 5.74) is 0. The summed E-state index contributed by atoms with van der Waals surface area (Å²) in [5.74, 6) is 0.235. The lowest BCUT2D eigenvalue weighted by Gasteiger charge is -2.30. The third kappa shape index (κ3) is 2.91. The van der Waals surface area contributed by atoms with Gasteiger partial charge >= 0.3 is 0 Å². The van der Waals surface area contributed by atoms with Crippen LogP contribution in [-0.2, 0) is 14.9 Å². The molecule has 1 aliphatic heterocycles. The molecule has 1 saturated heterocycles. The smallest absolute Gasteiger partial charge is 0.279 e. The zero-order valence-electron chi connectivity index (χ0n) is 8.86. The second kappa shape index (κ2) is 4.57. The maximum Gasteiger partial charge on any atom is 0.279 e. The lowest BCUT2D eigenvalue weighted by atomic mass is 9.99. The quantitative estimate of drug-likeness (QED) is 0.720. The van der Waals surface area contributed by atoms with E-state index in [2.05, 4.69) is 4.72 Å². The third-order valence-electron chi connectivity index (χ3n) is 2.42. The Morgan fingerprint density at radius 1 is 1.43 bits per heavy atom. The largest absolute Gasteiger partial charge is 0.381 e. The van der Waals surface area contributed by atoms with E-state index in [1.807, 2.05) is 6.92 Å². The molecule has 0 radical (unpaired) electrons. The van der Waals surface area contributed by atoms with Gasteiger partial charge < -0.3 is 4.74 Å². The summed E-state index contributed by atoms with van der Waals surface area (Å²) in [4.78, 5) is 0. The van der Waals surface area contributed by atoms with E-state index in [1.165, 1.54) is 18.4 Å². The van der Waals surface area contributed by atoms with Crippen molar-refractivity contribution in [3.63, 3.8) is 0 Å². The lowest BCUT2D eigenvalue weighted by Crippen LogP contribution is -2.48. The molecule has 1 heterocycles. The average Bonchev–Trinajstić information content (AvgIpc) is 2.08. The van der Waals surface area contributed by atoms with Crippen LogP contribution in [0, 0.1) is 5.92 Å². The third-order valence-corrected chi connectivity index (χ3v) is 3.98. The van der Waals surface area contributed by atoms with Crippen LogP contribution < -0.4 is 4.72 Å². The molecule has 1 fully saturated rings. The Labute approximate surface area is 85.6 Å². The Hall–Kier alpha value is -0.170. The molecule has 1 rings (SSSR count). The first-order chi connectivity index (χ1) is 6.43. The normalized spacial score (nSPS) is 29.4. The average molecular weight is 222 g/mol. The first-order valence-corrected chi connectivity index (χ1v) is 6.15. The summed E-state index contributed by atoms with van der Waals surface area (Å²) < 4.78 is 32.1. The van der Waals surface area contributed by atoms with Crippen LogP contribution in [0.1, 0.15) is 13.3 Å². The van der Waals surface area contributed by atoms with Gasteiger partial charge in [-0.25, -0.2) is 0 Å². The minimum atomic E-state index is -3.30. The highest BCUT2D eigenvalue weighted by Gasteiger charge is 2.27. The van der Waals surface area contributed by atoms with Crippen molar-refractivity contribution in [3.8, 4) is 0 Å². The van der Waals surface area contributed by atoms with Crippen molar-refractivity contribution in [1.82, 2.24) is 9.03 Å². The van der Waals surface area contributed by atoms with Gasteiger partial charge in [-0.05, 0) is 12.3 Å². The Balaban J connectivity index is 2.58. The lowest BCUT2D eigenvalue weighted by molar-refractivity contribution is 0.0447. The highest BCUT2D eigenvalue weighted by Crippen LogP contribution is 2.14. The molecule has 0 aromatic heterocycles. The minimum Gasteiger partial charge on any atom is -0.381 e. The van der Waals surface area contributed by atoms with Gasteiger partial charge in [-0.3, -0.25) is 0 Å². The van der Waals surface area contributed by atoms with Crippen LogP contribution in [0.25, 0.3) is 0 Å². The van der Waals surface area contributed by atoms with Gasteiger partial charge in [0.1, 0.15) is 0 Å². The van der Waals surface area contributed by atoms with E-state index < -0.39 is 10.2 Å². The van der Waals surface area contributed by atoms with Gasteiger partial charge in [0.25, 0.3) is 10.2 Å². The van der Waals surface area contributed by atoms with Crippen molar-refractivity contribution in [2.45, 2.75) is 19.4 Å². The van der Waals surface area contributed by atoms with E-state index in [0.29, 0.717) is 13.2 Å². The van der Waals surface area contributed by atoms with Crippen LogP contribution in [-0.4, -0.2) is 46.1 Å². The molecular formula is C8H18N2O3S. The maximum atomic E-state index is 11.5. The molecule has 0 saturated carbocycles. The van der Waals surface area contributed by atoms with Crippen LogP contribution in [0.5, 0.6) is 0 Å².